The van der Waals surface area contributed by atoms with E-state index in [1.54, 1.807) is 12.1 Å². The summed E-state index contributed by atoms with van der Waals surface area (Å²) in [6.45, 7) is 2.04. The number of halogens is 5. The Bertz CT molecular complexity index is 620. The second kappa shape index (κ2) is 6.69. The Morgan fingerprint density at radius 2 is 1.71 bits per heavy atom. The van der Waals surface area contributed by atoms with E-state index in [1.807, 2.05) is 25.1 Å². The van der Waals surface area contributed by atoms with Crippen LogP contribution in [0.3, 0.4) is 0 Å². The topological polar surface area (TPSA) is 0 Å². The smallest absolute Gasteiger partial charge is 0.166 e. The summed E-state index contributed by atoms with van der Waals surface area (Å²) in [5.74, 6) is 0. The van der Waals surface area contributed by atoms with Crippen LogP contribution in [0.25, 0.3) is 0 Å². The van der Waals surface area contributed by atoms with Crippen LogP contribution in [0.5, 0.6) is 0 Å². The molecule has 0 aliphatic heterocycles. The van der Waals surface area contributed by atoms with E-state index in [9.17, 15) is 13.2 Å². The fourth-order valence-corrected chi connectivity index (χ4v) is 3.98. The van der Waals surface area contributed by atoms with Gasteiger partial charge < -0.3 is 0 Å². The first-order chi connectivity index (χ1) is 9.79. The number of alkyl halides is 4. The highest BCUT2D eigenvalue weighted by molar-refractivity contribution is 14.1. The highest BCUT2D eigenvalue weighted by atomic mass is 127. The van der Waals surface area contributed by atoms with Gasteiger partial charge in [0, 0.05) is 8.40 Å². The Kier molecular flexibility index (Phi) is 5.35. The molecule has 2 aromatic rings. The second-order valence-corrected chi connectivity index (χ2v) is 7.03. The molecule has 0 N–H and O–H groups in total. The van der Waals surface area contributed by atoms with E-state index in [4.69, 9.17) is 0 Å². The van der Waals surface area contributed by atoms with Gasteiger partial charge in [-0.3, -0.25) is 0 Å². The maximum atomic E-state index is 12.5. The second-order valence-electron chi connectivity index (χ2n) is 4.84. The summed E-state index contributed by atoms with van der Waals surface area (Å²) in [5, 5.41) is 0. The van der Waals surface area contributed by atoms with Crippen LogP contribution >= 0.6 is 38.5 Å². The third-order valence-electron chi connectivity index (χ3n) is 3.26. The predicted molar refractivity (Wildman–Crippen MR) is 90.7 cm³/mol. The lowest BCUT2D eigenvalue weighted by Crippen LogP contribution is -2.05. The van der Waals surface area contributed by atoms with E-state index in [0.717, 1.165) is 23.3 Å². The molecule has 21 heavy (non-hydrogen) atoms. The van der Waals surface area contributed by atoms with Crippen LogP contribution in [0.2, 0.25) is 0 Å². The zero-order valence-corrected chi connectivity index (χ0v) is 15.0. The molecule has 2 aromatic carbocycles. The lowest BCUT2D eigenvalue weighted by Gasteiger charge is -2.14. The Balaban J connectivity index is 2.16. The molecule has 0 aliphatic rings. The van der Waals surface area contributed by atoms with Crippen LogP contribution < -0.4 is 0 Å². The monoisotopic (exact) mass is 468 g/mol. The molecule has 0 heterocycles. The van der Waals surface area contributed by atoms with E-state index in [-0.39, 0.29) is 4.83 Å². The van der Waals surface area contributed by atoms with Crippen molar-refractivity contribution in [2.24, 2.45) is 0 Å². The molecule has 0 bridgehead atoms. The van der Waals surface area contributed by atoms with E-state index < -0.39 is 11.7 Å². The van der Waals surface area contributed by atoms with Gasteiger partial charge in [-0.05, 0) is 64.8 Å². The summed E-state index contributed by atoms with van der Waals surface area (Å²) in [6, 6.07) is 11.4. The Hall–Kier alpha value is -0.560. The molecule has 2 rings (SSSR count). The van der Waals surface area contributed by atoms with Crippen molar-refractivity contribution in [3.8, 4) is 0 Å². The number of hydrogen-bond acceptors (Lipinski definition) is 0. The molecular weight excluding hydrogens is 456 g/mol. The molecule has 1 atom stereocenters. The maximum absolute atomic E-state index is 12.5. The molecule has 0 saturated heterocycles. The van der Waals surface area contributed by atoms with Crippen LogP contribution in [-0.4, -0.2) is 0 Å². The fourth-order valence-electron chi connectivity index (χ4n) is 2.06. The van der Waals surface area contributed by atoms with Gasteiger partial charge in [-0.15, -0.1) is 0 Å². The zero-order chi connectivity index (χ0) is 15.6. The minimum absolute atomic E-state index is 0.0843. The molecule has 0 aliphatic carbocycles. The summed E-state index contributed by atoms with van der Waals surface area (Å²) in [4.78, 5) is 0.0843. The van der Waals surface area contributed by atoms with Crippen LogP contribution in [-0.2, 0) is 12.6 Å². The Morgan fingerprint density at radius 1 is 1.10 bits per heavy atom. The first-order valence-electron chi connectivity index (χ1n) is 6.34. The summed E-state index contributed by atoms with van der Waals surface area (Å²) < 4.78 is 38.8. The molecular formula is C16H13BrF3I. The summed E-state index contributed by atoms with van der Waals surface area (Å²) in [6.07, 6.45) is -3.63. The molecule has 0 amide bonds. The van der Waals surface area contributed by atoms with Crippen molar-refractivity contribution < 1.29 is 13.2 Å². The molecule has 0 fully saturated rings. The van der Waals surface area contributed by atoms with Crippen molar-refractivity contribution in [1.82, 2.24) is 0 Å². The molecule has 0 radical (unpaired) electrons. The Morgan fingerprint density at radius 3 is 2.29 bits per heavy atom. The van der Waals surface area contributed by atoms with Gasteiger partial charge >= 0.3 is 6.18 Å². The van der Waals surface area contributed by atoms with E-state index >= 15 is 0 Å². The standard InChI is InChI=1S/C16H13BrF3I/c1-10-3-2-4-13(15(10)21)14(17)9-11-5-7-12(8-6-11)16(18,19)20/h2-8,14H,9H2,1H3. The number of benzene rings is 2. The molecule has 1 unspecified atom stereocenters. The van der Waals surface area contributed by atoms with Crippen molar-refractivity contribution in [2.75, 3.05) is 0 Å². The van der Waals surface area contributed by atoms with Gasteiger partial charge in [0.15, 0.2) is 0 Å². The summed E-state index contributed by atoms with van der Waals surface area (Å²) >= 11 is 5.94. The third-order valence-corrected chi connectivity index (χ3v) is 5.55. The summed E-state index contributed by atoms with van der Waals surface area (Å²) in [5.41, 5.74) is 2.63. The van der Waals surface area contributed by atoms with Crippen LogP contribution in [0, 0.1) is 10.5 Å². The Labute approximate surface area is 144 Å². The van der Waals surface area contributed by atoms with E-state index in [1.165, 1.54) is 9.13 Å². The first-order valence-corrected chi connectivity index (χ1v) is 8.33. The highest BCUT2D eigenvalue weighted by Gasteiger charge is 2.30. The normalized spacial score (nSPS) is 13.2. The molecule has 0 saturated carbocycles. The molecule has 0 spiro atoms. The third kappa shape index (κ3) is 4.22. The minimum Gasteiger partial charge on any atom is -0.166 e. The highest BCUT2D eigenvalue weighted by Crippen LogP contribution is 2.33. The number of hydrogen-bond donors (Lipinski definition) is 0. The maximum Gasteiger partial charge on any atom is 0.416 e. The predicted octanol–water partition coefficient (Wildman–Crippen LogP) is 6.30. The number of aryl methyl sites for hydroxylation is 1. The molecule has 5 heteroatoms. The van der Waals surface area contributed by atoms with Gasteiger partial charge in [0.05, 0.1) is 5.56 Å². The fraction of sp³-hybridized carbons (Fsp3) is 0.250. The van der Waals surface area contributed by atoms with Gasteiger partial charge in [-0.25, -0.2) is 0 Å². The van der Waals surface area contributed by atoms with Crippen LogP contribution in [0.4, 0.5) is 13.2 Å². The summed E-state index contributed by atoms with van der Waals surface area (Å²) in [7, 11) is 0. The molecule has 112 valence electrons. The first kappa shape index (κ1) is 16.8. The minimum atomic E-state index is -4.28. The van der Waals surface area contributed by atoms with Gasteiger partial charge in [0.1, 0.15) is 0 Å². The lowest BCUT2D eigenvalue weighted by molar-refractivity contribution is -0.137. The largest absolute Gasteiger partial charge is 0.416 e. The van der Waals surface area contributed by atoms with Crippen molar-refractivity contribution in [3.05, 3.63) is 68.3 Å². The van der Waals surface area contributed by atoms with Crippen molar-refractivity contribution in [2.45, 2.75) is 24.3 Å². The van der Waals surface area contributed by atoms with Gasteiger partial charge in [-0.2, -0.15) is 13.2 Å². The van der Waals surface area contributed by atoms with Crippen molar-refractivity contribution >= 4 is 38.5 Å². The number of rotatable bonds is 3. The van der Waals surface area contributed by atoms with Crippen LogP contribution in [0.15, 0.2) is 42.5 Å². The van der Waals surface area contributed by atoms with E-state index in [0.29, 0.717) is 6.42 Å². The van der Waals surface area contributed by atoms with Crippen molar-refractivity contribution in [1.29, 1.82) is 0 Å². The SMILES string of the molecule is Cc1cccc(C(Br)Cc2ccc(C(F)(F)F)cc2)c1I. The quantitative estimate of drug-likeness (QED) is 0.366. The van der Waals surface area contributed by atoms with Gasteiger partial charge in [0.25, 0.3) is 0 Å². The van der Waals surface area contributed by atoms with Crippen LogP contribution in [0.1, 0.15) is 27.1 Å². The average molecular weight is 469 g/mol. The van der Waals surface area contributed by atoms with Crippen molar-refractivity contribution in [3.63, 3.8) is 0 Å². The average Bonchev–Trinajstić information content (AvgIpc) is 2.41. The molecule has 0 nitrogen and oxygen atoms in total. The van der Waals surface area contributed by atoms with Gasteiger partial charge in [-0.1, -0.05) is 46.3 Å². The molecule has 0 aromatic heterocycles. The van der Waals surface area contributed by atoms with Gasteiger partial charge in [0.2, 0.25) is 0 Å². The zero-order valence-electron chi connectivity index (χ0n) is 11.2. The lowest BCUT2D eigenvalue weighted by atomic mass is 10.0. The van der Waals surface area contributed by atoms with E-state index in [2.05, 4.69) is 38.5 Å².